The third kappa shape index (κ3) is 3.28. The van der Waals surface area contributed by atoms with Gasteiger partial charge in [-0.1, -0.05) is 13.0 Å². The first-order valence-corrected chi connectivity index (χ1v) is 2.46. The summed E-state index contributed by atoms with van der Waals surface area (Å²) in [5, 5.41) is 6.51. The Morgan fingerprint density at radius 2 is 2.38 bits per heavy atom. The van der Waals surface area contributed by atoms with Gasteiger partial charge in [0.15, 0.2) is 0 Å². The van der Waals surface area contributed by atoms with Crippen molar-refractivity contribution in [3.05, 3.63) is 12.7 Å². The molecule has 1 atom stereocenters. The van der Waals surface area contributed by atoms with E-state index in [1.54, 1.807) is 12.3 Å². The molecule has 0 saturated heterocycles. The number of nitrogens with one attached hydrogen (secondary N) is 1. The summed E-state index contributed by atoms with van der Waals surface area (Å²) in [5.41, 5.74) is 0. The van der Waals surface area contributed by atoms with Crippen molar-refractivity contribution in [1.82, 2.24) is 0 Å². The van der Waals surface area contributed by atoms with Crippen LogP contribution in [0.15, 0.2) is 17.6 Å². The Labute approximate surface area is 49.5 Å². The van der Waals surface area contributed by atoms with Crippen LogP contribution in [-0.2, 0) is 0 Å². The molecule has 44 valence electrons. The molecule has 2 nitrogen and oxygen atoms in total. The summed E-state index contributed by atoms with van der Waals surface area (Å²) in [6.45, 7) is 5.51. The molecule has 0 amide bonds. The molecule has 0 saturated carbocycles. The van der Waals surface area contributed by atoms with Crippen LogP contribution in [0, 0.1) is 11.3 Å². The molecule has 2 heteroatoms. The van der Waals surface area contributed by atoms with E-state index in [9.17, 15) is 0 Å². The molecule has 0 aliphatic rings. The van der Waals surface area contributed by atoms with Gasteiger partial charge in [-0.15, -0.1) is 6.58 Å². The predicted octanol–water partition coefficient (Wildman–Crippen LogP) is 1.49. The van der Waals surface area contributed by atoms with Crippen LogP contribution in [0.25, 0.3) is 0 Å². The van der Waals surface area contributed by atoms with Crippen LogP contribution < -0.4 is 0 Å². The molecule has 0 aliphatic carbocycles. The Morgan fingerprint density at radius 3 is 2.75 bits per heavy atom. The van der Waals surface area contributed by atoms with Crippen molar-refractivity contribution in [2.45, 2.75) is 6.92 Å². The first-order chi connectivity index (χ1) is 3.81. The molecule has 0 aliphatic heterocycles. The smallest absolute Gasteiger partial charge is 0.106 e. The molecule has 0 spiro atoms. The molecule has 8 heavy (non-hydrogen) atoms. The van der Waals surface area contributed by atoms with E-state index in [0.29, 0.717) is 0 Å². The summed E-state index contributed by atoms with van der Waals surface area (Å²) in [6, 6.07) is 0. The maximum atomic E-state index is 6.51. The van der Waals surface area contributed by atoms with E-state index in [-0.39, 0.29) is 5.92 Å². The number of hydrogen-bond acceptors (Lipinski definition) is 1. The lowest BCUT2D eigenvalue weighted by molar-refractivity contribution is 1.03. The molecule has 0 heterocycles. The van der Waals surface area contributed by atoms with Gasteiger partial charge in [0.05, 0.1) is 0 Å². The van der Waals surface area contributed by atoms with Gasteiger partial charge in [0.25, 0.3) is 0 Å². The summed E-state index contributed by atoms with van der Waals surface area (Å²) < 4.78 is 0. The topological polar surface area (TPSA) is 36.2 Å². The van der Waals surface area contributed by atoms with Crippen LogP contribution in [0.3, 0.4) is 0 Å². The molecule has 0 rings (SSSR count). The lowest BCUT2D eigenvalue weighted by Gasteiger charge is -1.89. The van der Waals surface area contributed by atoms with E-state index in [0.717, 1.165) is 6.34 Å². The Kier molecular flexibility index (Phi) is 3.76. The minimum atomic E-state index is 0.275. The fraction of sp³-hybridized carbons (Fsp3) is 0.333. The third-order valence-corrected chi connectivity index (χ3v) is 0.768. The van der Waals surface area contributed by atoms with Gasteiger partial charge in [-0.25, -0.2) is 4.99 Å². The average molecular weight is 110 g/mol. The Morgan fingerprint density at radius 1 is 1.75 bits per heavy atom. The molecule has 0 aromatic carbocycles. The summed E-state index contributed by atoms with van der Waals surface area (Å²) in [5.74, 6) is 0.275. The van der Waals surface area contributed by atoms with Gasteiger partial charge in [-0.2, -0.15) is 0 Å². The van der Waals surface area contributed by atoms with Gasteiger partial charge in [-0.05, 0) is 0 Å². The van der Waals surface area contributed by atoms with Crippen molar-refractivity contribution in [3.8, 4) is 0 Å². The van der Waals surface area contributed by atoms with E-state index in [1.165, 1.54) is 0 Å². The molecular formula is C6H10N2. The normalized spacial score (nSPS) is 13.6. The summed E-state index contributed by atoms with van der Waals surface area (Å²) in [6.07, 6.45) is 4.45. The second-order valence-corrected chi connectivity index (χ2v) is 1.52. The molecule has 0 fully saturated rings. The fourth-order valence-corrected chi connectivity index (χ4v) is 0.240. The molecule has 1 N–H and O–H groups in total. The minimum absolute atomic E-state index is 0.275. The number of rotatable bonds is 3. The highest BCUT2D eigenvalue weighted by Crippen LogP contribution is 1.87. The van der Waals surface area contributed by atoms with E-state index >= 15 is 0 Å². The second kappa shape index (κ2) is 4.24. The number of nitrogens with zero attached hydrogens (tertiary/aromatic N) is 1. The summed E-state index contributed by atoms with van der Waals surface area (Å²) >= 11 is 0. The van der Waals surface area contributed by atoms with Crippen LogP contribution in [0.1, 0.15) is 6.92 Å². The Balaban J connectivity index is 3.50. The van der Waals surface area contributed by atoms with E-state index in [4.69, 9.17) is 5.41 Å². The van der Waals surface area contributed by atoms with Crippen molar-refractivity contribution < 1.29 is 0 Å². The predicted molar refractivity (Wildman–Crippen MR) is 36.6 cm³/mol. The van der Waals surface area contributed by atoms with Gasteiger partial charge < -0.3 is 0 Å². The zero-order valence-electron chi connectivity index (χ0n) is 4.96. The minimum Gasteiger partial charge on any atom is -0.290 e. The number of aliphatic imine (C=N–C) groups is 1. The van der Waals surface area contributed by atoms with Gasteiger partial charge in [0.1, 0.15) is 6.34 Å². The van der Waals surface area contributed by atoms with Crippen molar-refractivity contribution >= 4 is 12.6 Å². The highest BCUT2D eigenvalue weighted by atomic mass is 14.7. The maximum Gasteiger partial charge on any atom is 0.106 e. The highest BCUT2D eigenvalue weighted by Gasteiger charge is 1.83. The zero-order chi connectivity index (χ0) is 6.41. The van der Waals surface area contributed by atoms with Gasteiger partial charge in [0.2, 0.25) is 0 Å². The van der Waals surface area contributed by atoms with Crippen LogP contribution >= 0.6 is 0 Å². The van der Waals surface area contributed by atoms with Crippen molar-refractivity contribution in [2.24, 2.45) is 10.9 Å². The molecule has 0 aromatic heterocycles. The van der Waals surface area contributed by atoms with Crippen LogP contribution in [0.5, 0.6) is 0 Å². The first kappa shape index (κ1) is 7.08. The van der Waals surface area contributed by atoms with E-state index in [2.05, 4.69) is 11.6 Å². The first-order valence-electron chi connectivity index (χ1n) is 2.46. The largest absolute Gasteiger partial charge is 0.290 e. The quantitative estimate of drug-likeness (QED) is 0.324. The van der Waals surface area contributed by atoms with Crippen molar-refractivity contribution in [2.75, 3.05) is 0 Å². The van der Waals surface area contributed by atoms with E-state index < -0.39 is 0 Å². The van der Waals surface area contributed by atoms with Crippen molar-refractivity contribution in [3.63, 3.8) is 0 Å². The monoisotopic (exact) mass is 110 g/mol. The third-order valence-electron chi connectivity index (χ3n) is 0.768. The highest BCUT2D eigenvalue weighted by molar-refractivity contribution is 5.73. The number of hydrogen-bond donors (Lipinski definition) is 1. The average Bonchev–Trinajstić information content (AvgIpc) is 1.83. The zero-order valence-corrected chi connectivity index (χ0v) is 4.96. The molecular weight excluding hydrogens is 100 g/mol. The molecule has 0 radical (unpaired) electrons. The molecule has 0 aromatic rings. The van der Waals surface area contributed by atoms with Gasteiger partial charge in [-0.3, -0.25) is 5.41 Å². The lowest BCUT2D eigenvalue weighted by atomic mass is 10.2. The van der Waals surface area contributed by atoms with Crippen molar-refractivity contribution in [1.29, 1.82) is 5.41 Å². The number of allylic oxidation sites excluding steroid dienone is 1. The summed E-state index contributed by atoms with van der Waals surface area (Å²) in [4.78, 5) is 3.59. The van der Waals surface area contributed by atoms with Crippen LogP contribution in [-0.4, -0.2) is 12.6 Å². The summed E-state index contributed by atoms with van der Waals surface area (Å²) in [7, 11) is 0. The fourth-order valence-electron chi connectivity index (χ4n) is 0.240. The maximum absolute atomic E-state index is 6.51. The van der Waals surface area contributed by atoms with Crippen LogP contribution in [0.4, 0.5) is 0 Å². The Bertz CT molecular complexity index is 105. The lowest BCUT2D eigenvalue weighted by Crippen LogP contribution is -1.88. The Hall–Kier alpha value is -0.920. The SMILES string of the molecule is C=CC(C)/C=N\C=N. The second-order valence-electron chi connectivity index (χ2n) is 1.52. The standard InChI is InChI=1S/C6H10N2/c1-3-6(2)4-8-5-7/h3-7H,1H2,2H3/b7-5?,8-4-. The molecule has 1 unspecified atom stereocenters. The van der Waals surface area contributed by atoms with Gasteiger partial charge in [0, 0.05) is 12.1 Å². The van der Waals surface area contributed by atoms with E-state index in [1.807, 2.05) is 6.92 Å². The van der Waals surface area contributed by atoms with Gasteiger partial charge >= 0.3 is 0 Å². The molecule has 0 bridgehead atoms. The van der Waals surface area contributed by atoms with Crippen LogP contribution in [0.2, 0.25) is 0 Å².